The number of carbonyl (C=O) groups excluding carboxylic acids is 1. The Morgan fingerprint density at radius 2 is 1.24 bits per heavy atom. The Morgan fingerprint density at radius 1 is 0.706 bits per heavy atom. The summed E-state index contributed by atoms with van der Waals surface area (Å²) < 4.78 is 10.6. The van der Waals surface area contributed by atoms with E-state index in [1.165, 1.54) is 0 Å². The fourth-order valence-electron chi connectivity index (χ4n) is 4.57. The number of hydrogen-bond donors (Lipinski definition) is 2. The molecule has 0 fully saturated rings. The highest BCUT2D eigenvalue weighted by Crippen LogP contribution is 2.39. The molecule has 0 saturated carbocycles. The highest BCUT2D eigenvalue weighted by atomic mass is 16.5. The average Bonchev–Trinajstić information content (AvgIpc) is 3.40. The van der Waals surface area contributed by atoms with Crippen LogP contribution in [0.5, 0.6) is 17.4 Å². The first-order chi connectivity index (χ1) is 16.6. The largest absolute Gasteiger partial charge is 0.497 e. The predicted molar refractivity (Wildman–Crippen MR) is 132 cm³/mol. The van der Waals surface area contributed by atoms with Gasteiger partial charge in [0.15, 0.2) is 5.88 Å². The van der Waals surface area contributed by atoms with Crippen LogP contribution in [-0.4, -0.2) is 35.9 Å². The van der Waals surface area contributed by atoms with Crippen molar-refractivity contribution in [2.45, 2.75) is 0 Å². The molecule has 0 radical (unpaired) electrons. The molecule has 0 atom stereocenters. The zero-order valence-electron chi connectivity index (χ0n) is 18.5. The summed E-state index contributed by atoms with van der Waals surface area (Å²) in [7, 11) is 3.27. The average molecular weight is 448 g/mol. The zero-order valence-corrected chi connectivity index (χ0v) is 18.5. The molecule has 0 spiro atoms. The molecule has 34 heavy (non-hydrogen) atoms. The Balaban J connectivity index is 1.45. The van der Waals surface area contributed by atoms with Crippen molar-refractivity contribution in [1.82, 2.24) is 4.98 Å². The number of rotatable bonds is 4. The first-order valence-electron chi connectivity index (χ1n) is 10.8. The second-order valence-corrected chi connectivity index (χ2v) is 8.22. The van der Waals surface area contributed by atoms with Crippen LogP contribution >= 0.6 is 0 Å². The van der Waals surface area contributed by atoms with Crippen molar-refractivity contribution in [3.63, 3.8) is 0 Å². The molecular weight excluding hydrogens is 428 g/mol. The van der Waals surface area contributed by atoms with E-state index >= 15 is 0 Å². The van der Waals surface area contributed by atoms with Gasteiger partial charge in [0.1, 0.15) is 11.5 Å². The van der Waals surface area contributed by atoms with Gasteiger partial charge >= 0.3 is 0 Å². The maximum atomic E-state index is 13.0. The van der Waals surface area contributed by atoms with Crippen LogP contribution in [0.3, 0.4) is 0 Å². The molecule has 5 aromatic rings. The molecule has 6 rings (SSSR count). The van der Waals surface area contributed by atoms with E-state index in [1.807, 2.05) is 72.8 Å². The quantitative estimate of drug-likeness (QED) is 0.369. The maximum absolute atomic E-state index is 13.0. The van der Waals surface area contributed by atoms with E-state index in [0.29, 0.717) is 22.5 Å². The minimum absolute atomic E-state index is 0.0701. The third-order valence-electron chi connectivity index (χ3n) is 6.30. The van der Waals surface area contributed by atoms with Crippen molar-refractivity contribution in [1.29, 1.82) is 0 Å². The fourth-order valence-corrected chi connectivity index (χ4v) is 4.57. The van der Waals surface area contributed by atoms with E-state index in [1.54, 1.807) is 14.2 Å². The maximum Gasteiger partial charge on any atom is 0.280 e. The Morgan fingerprint density at radius 3 is 1.85 bits per heavy atom. The van der Waals surface area contributed by atoms with Crippen molar-refractivity contribution in [2.75, 3.05) is 14.2 Å². The highest BCUT2D eigenvalue weighted by Gasteiger charge is 2.33. The number of methoxy groups -OCH3 is 2. The van der Waals surface area contributed by atoms with E-state index in [2.05, 4.69) is 9.98 Å². The second-order valence-electron chi connectivity index (χ2n) is 8.22. The third kappa shape index (κ3) is 3.03. The molecule has 1 aliphatic heterocycles. The summed E-state index contributed by atoms with van der Waals surface area (Å²) in [5, 5.41) is 14.8. The van der Waals surface area contributed by atoms with E-state index < -0.39 is 0 Å². The van der Waals surface area contributed by atoms with E-state index in [-0.39, 0.29) is 11.8 Å². The highest BCUT2D eigenvalue weighted by molar-refractivity contribution is 6.30. The summed E-state index contributed by atoms with van der Waals surface area (Å²) in [5.74, 6) is 1.11. The van der Waals surface area contributed by atoms with Gasteiger partial charge in [0.05, 0.1) is 36.8 Å². The van der Waals surface area contributed by atoms with Gasteiger partial charge in [0.2, 0.25) is 0 Å². The number of aromatic amines is 1. The van der Waals surface area contributed by atoms with Crippen LogP contribution in [0.25, 0.3) is 32.8 Å². The zero-order chi connectivity index (χ0) is 23.4. The van der Waals surface area contributed by atoms with Crippen molar-refractivity contribution in [3.8, 4) is 28.6 Å². The number of aliphatic imine (C=N–C) groups is 1. The minimum Gasteiger partial charge on any atom is -0.497 e. The molecular formula is C28H20N2O4. The molecule has 166 valence electrons. The van der Waals surface area contributed by atoms with Crippen LogP contribution in [0.15, 0.2) is 77.8 Å². The van der Waals surface area contributed by atoms with Crippen LogP contribution in [0.2, 0.25) is 0 Å². The number of nitrogens with one attached hydrogen (secondary N) is 1. The monoisotopic (exact) mass is 448 g/mol. The number of aromatic nitrogens is 1. The summed E-state index contributed by atoms with van der Waals surface area (Å²) in [6, 6.07) is 23.3. The van der Waals surface area contributed by atoms with Crippen molar-refractivity contribution in [2.24, 2.45) is 4.99 Å². The molecule has 0 bridgehead atoms. The van der Waals surface area contributed by atoms with Crippen molar-refractivity contribution < 1.29 is 19.4 Å². The topological polar surface area (TPSA) is 83.9 Å². The van der Waals surface area contributed by atoms with Crippen molar-refractivity contribution >= 4 is 33.2 Å². The lowest BCUT2D eigenvalue weighted by atomic mass is 9.97. The van der Waals surface area contributed by atoms with Gasteiger partial charge in [-0.3, -0.25) is 4.79 Å². The predicted octanol–water partition coefficient (Wildman–Crippen LogP) is 5.70. The fraction of sp³-hybridized carbons (Fsp3) is 0.0714. The minimum atomic E-state index is -0.374. The van der Waals surface area contributed by atoms with E-state index in [0.717, 1.165) is 44.2 Å². The molecule has 6 heteroatoms. The number of ether oxygens (including phenoxy) is 2. The Labute approximate surface area is 195 Å². The number of amides is 1. The lowest BCUT2D eigenvalue weighted by Gasteiger charge is -2.06. The van der Waals surface area contributed by atoms with Gasteiger partial charge in [0, 0.05) is 5.56 Å². The number of hydrogen-bond acceptors (Lipinski definition) is 4. The Hall–Kier alpha value is -4.58. The summed E-state index contributed by atoms with van der Waals surface area (Å²) in [4.78, 5) is 20.3. The molecule has 2 heterocycles. The summed E-state index contributed by atoms with van der Waals surface area (Å²) >= 11 is 0. The molecule has 6 nitrogen and oxygen atoms in total. The normalized spacial score (nSPS) is 12.8. The molecule has 1 amide bonds. The van der Waals surface area contributed by atoms with E-state index in [4.69, 9.17) is 9.47 Å². The third-order valence-corrected chi connectivity index (χ3v) is 6.30. The van der Waals surface area contributed by atoms with Crippen LogP contribution in [0, 0.1) is 0 Å². The van der Waals surface area contributed by atoms with Crippen LogP contribution in [0.4, 0.5) is 0 Å². The molecule has 4 aromatic carbocycles. The van der Waals surface area contributed by atoms with E-state index in [9.17, 15) is 9.90 Å². The smallest absolute Gasteiger partial charge is 0.280 e. The number of benzene rings is 4. The summed E-state index contributed by atoms with van der Waals surface area (Å²) in [6.07, 6.45) is 0. The number of H-pyrrole nitrogens is 1. The first-order valence-corrected chi connectivity index (χ1v) is 10.8. The molecule has 1 aliphatic rings. The Bertz CT molecular complexity index is 1660. The summed E-state index contributed by atoms with van der Waals surface area (Å²) in [6.45, 7) is 0. The number of carbonyl (C=O) groups is 1. The van der Waals surface area contributed by atoms with Crippen LogP contribution < -0.4 is 9.47 Å². The molecule has 1 aromatic heterocycles. The van der Waals surface area contributed by atoms with Gasteiger partial charge in [-0.15, -0.1) is 0 Å². The number of nitrogens with zero attached hydrogens (tertiary/aromatic N) is 1. The Kier molecular flexibility index (Phi) is 4.42. The lowest BCUT2D eigenvalue weighted by Crippen LogP contribution is -1.99. The van der Waals surface area contributed by atoms with Crippen molar-refractivity contribution in [3.05, 3.63) is 89.5 Å². The van der Waals surface area contributed by atoms with Gasteiger partial charge < -0.3 is 19.6 Å². The van der Waals surface area contributed by atoms with Gasteiger partial charge in [-0.2, -0.15) is 0 Å². The van der Waals surface area contributed by atoms with Crippen LogP contribution in [0.1, 0.15) is 21.5 Å². The van der Waals surface area contributed by atoms with Gasteiger partial charge in [-0.1, -0.05) is 36.4 Å². The molecule has 2 N–H and O–H groups in total. The standard InChI is InChI=1S/C28H20N2O4/c1-33-21-9-7-15-11-19(5-3-17(15)13-21)25-23-24(28(32)29-25)26(30-27(23)31)20-6-4-18-14-22(34-2)10-8-16(18)12-20/h3-14,29,32H,1-2H3. The SMILES string of the molecule is COc1ccc2cc(C3=NC(=O)c4c(-c5ccc6cc(OC)ccc6c5)[nH]c(O)c43)ccc2c1. The molecule has 0 aliphatic carbocycles. The van der Waals surface area contributed by atoms with Gasteiger partial charge in [0.25, 0.3) is 5.91 Å². The number of fused-ring (bicyclic) bond motifs is 3. The molecule has 0 saturated heterocycles. The lowest BCUT2D eigenvalue weighted by molar-refractivity contribution is 0.101. The molecule has 0 unspecified atom stereocenters. The second kappa shape index (κ2) is 7.49. The van der Waals surface area contributed by atoms with Crippen LogP contribution in [-0.2, 0) is 0 Å². The first kappa shape index (κ1) is 20.1. The summed E-state index contributed by atoms with van der Waals surface area (Å²) in [5.41, 5.74) is 3.39. The van der Waals surface area contributed by atoms with Gasteiger partial charge in [-0.05, 0) is 63.5 Å². The number of aromatic hydroxyl groups is 1. The van der Waals surface area contributed by atoms with Gasteiger partial charge in [-0.25, -0.2) is 4.99 Å².